The van der Waals surface area contributed by atoms with Gasteiger partial charge in [0.05, 0.1) is 5.60 Å². The summed E-state index contributed by atoms with van der Waals surface area (Å²) in [4.78, 5) is 0. The Labute approximate surface area is 116 Å². The third-order valence-corrected chi connectivity index (χ3v) is 5.02. The molecule has 1 saturated heterocycles. The average molecular weight is 259 g/mol. The van der Waals surface area contributed by atoms with E-state index in [9.17, 15) is 0 Å². The summed E-state index contributed by atoms with van der Waals surface area (Å²) in [5.74, 6) is 0.578. The Morgan fingerprint density at radius 2 is 1.89 bits per heavy atom. The number of nitrogens with two attached hydrogens (primary N) is 1. The standard InChI is InChI=1S/C17H25NO/c1-13-4-6-14(7-5-13)16(18)15-8-11-19-17(12-15)9-2-3-10-17/h4-7,15-16H,2-3,8-12,18H2,1H3. The van der Waals surface area contributed by atoms with Crippen molar-refractivity contribution in [3.05, 3.63) is 35.4 Å². The minimum atomic E-state index is 0.168. The molecule has 2 fully saturated rings. The van der Waals surface area contributed by atoms with E-state index in [2.05, 4.69) is 31.2 Å². The maximum Gasteiger partial charge on any atom is 0.0685 e. The molecule has 19 heavy (non-hydrogen) atoms. The fraction of sp³-hybridized carbons (Fsp3) is 0.647. The highest BCUT2D eigenvalue weighted by Gasteiger charge is 2.41. The Balaban J connectivity index is 1.72. The van der Waals surface area contributed by atoms with Crippen molar-refractivity contribution in [3.63, 3.8) is 0 Å². The predicted octanol–water partition coefficient (Wildman–Crippen LogP) is 3.73. The fourth-order valence-electron chi connectivity index (χ4n) is 3.80. The minimum absolute atomic E-state index is 0.168. The van der Waals surface area contributed by atoms with E-state index in [1.54, 1.807) is 0 Å². The lowest BCUT2D eigenvalue weighted by Crippen LogP contribution is -2.40. The van der Waals surface area contributed by atoms with Gasteiger partial charge in [0.2, 0.25) is 0 Å². The molecule has 1 saturated carbocycles. The number of hydrogen-bond acceptors (Lipinski definition) is 2. The molecule has 2 unspecified atom stereocenters. The Morgan fingerprint density at radius 3 is 2.58 bits per heavy atom. The molecular formula is C17H25NO. The van der Waals surface area contributed by atoms with E-state index in [1.807, 2.05) is 0 Å². The van der Waals surface area contributed by atoms with Gasteiger partial charge in [-0.2, -0.15) is 0 Å². The molecule has 1 heterocycles. The highest BCUT2D eigenvalue weighted by molar-refractivity contribution is 5.24. The number of benzene rings is 1. The van der Waals surface area contributed by atoms with E-state index in [1.165, 1.54) is 36.8 Å². The van der Waals surface area contributed by atoms with Crippen molar-refractivity contribution in [2.24, 2.45) is 11.7 Å². The minimum Gasteiger partial charge on any atom is -0.375 e. The van der Waals surface area contributed by atoms with Crippen molar-refractivity contribution >= 4 is 0 Å². The van der Waals surface area contributed by atoms with E-state index >= 15 is 0 Å². The summed E-state index contributed by atoms with van der Waals surface area (Å²) >= 11 is 0. The van der Waals surface area contributed by atoms with Crippen LogP contribution in [0.4, 0.5) is 0 Å². The van der Waals surface area contributed by atoms with Crippen LogP contribution in [-0.2, 0) is 4.74 Å². The van der Waals surface area contributed by atoms with Gasteiger partial charge in [0.15, 0.2) is 0 Å². The van der Waals surface area contributed by atoms with Crippen LogP contribution < -0.4 is 5.73 Å². The van der Waals surface area contributed by atoms with Crippen LogP contribution in [0, 0.1) is 12.8 Å². The Bertz CT molecular complexity index is 419. The van der Waals surface area contributed by atoms with E-state index in [0.29, 0.717) is 5.92 Å². The van der Waals surface area contributed by atoms with Crippen LogP contribution in [0.15, 0.2) is 24.3 Å². The summed E-state index contributed by atoms with van der Waals surface area (Å²) < 4.78 is 6.11. The fourth-order valence-corrected chi connectivity index (χ4v) is 3.80. The lowest BCUT2D eigenvalue weighted by molar-refractivity contribution is -0.0963. The first kappa shape index (κ1) is 13.1. The second-order valence-corrected chi connectivity index (χ2v) is 6.43. The molecule has 2 heteroatoms. The molecule has 2 nitrogen and oxygen atoms in total. The zero-order chi connectivity index (χ0) is 13.3. The highest BCUT2D eigenvalue weighted by atomic mass is 16.5. The van der Waals surface area contributed by atoms with Gasteiger partial charge >= 0.3 is 0 Å². The van der Waals surface area contributed by atoms with E-state index in [-0.39, 0.29) is 11.6 Å². The maximum atomic E-state index is 6.52. The number of aryl methyl sites for hydroxylation is 1. The first-order chi connectivity index (χ1) is 9.19. The molecule has 0 bridgehead atoms. The Morgan fingerprint density at radius 1 is 1.21 bits per heavy atom. The van der Waals surface area contributed by atoms with Crippen molar-refractivity contribution in [2.45, 2.75) is 57.1 Å². The molecule has 1 spiro atoms. The molecule has 3 rings (SSSR count). The van der Waals surface area contributed by atoms with Gasteiger partial charge in [-0.1, -0.05) is 42.7 Å². The van der Waals surface area contributed by atoms with Crippen LogP contribution in [0.5, 0.6) is 0 Å². The van der Waals surface area contributed by atoms with Crippen LogP contribution in [0.25, 0.3) is 0 Å². The van der Waals surface area contributed by atoms with Crippen molar-refractivity contribution < 1.29 is 4.74 Å². The van der Waals surface area contributed by atoms with Crippen LogP contribution in [0.3, 0.4) is 0 Å². The maximum absolute atomic E-state index is 6.52. The third-order valence-electron chi connectivity index (χ3n) is 5.02. The smallest absolute Gasteiger partial charge is 0.0685 e. The topological polar surface area (TPSA) is 35.2 Å². The quantitative estimate of drug-likeness (QED) is 0.878. The van der Waals surface area contributed by atoms with Crippen molar-refractivity contribution in [1.29, 1.82) is 0 Å². The summed E-state index contributed by atoms with van der Waals surface area (Å²) in [6, 6.07) is 8.88. The van der Waals surface area contributed by atoms with Gasteiger partial charge in [-0.05, 0) is 44.1 Å². The molecule has 0 radical (unpaired) electrons. The first-order valence-electron chi connectivity index (χ1n) is 7.65. The van der Waals surface area contributed by atoms with Gasteiger partial charge in [-0.15, -0.1) is 0 Å². The largest absolute Gasteiger partial charge is 0.375 e. The lowest BCUT2D eigenvalue weighted by Gasteiger charge is -2.40. The monoisotopic (exact) mass is 259 g/mol. The summed E-state index contributed by atoms with van der Waals surface area (Å²) in [5.41, 5.74) is 9.27. The summed E-state index contributed by atoms with van der Waals surface area (Å²) in [6.07, 6.45) is 7.39. The molecule has 1 aromatic rings. The van der Waals surface area contributed by atoms with Gasteiger partial charge < -0.3 is 10.5 Å². The van der Waals surface area contributed by atoms with Crippen LogP contribution in [0.1, 0.15) is 55.7 Å². The zero-order valence-electron chi connectivity index (χ0n) is 11.9. The SMILES string of the molecule is Cc1ccc(C(N)C2CCOC3(CCCC3)C2)cc1. The van der Waals surface area contributed by atoms with E-state index in [4.69, 9.17) is 10.5 Å². The van der Waals surface area contributed by atoms with Crippen molar-refractivity contribution in [1.82, 2.24) is 0 Å². The van der Waals surface area contributed by atoms with Gasteiger partial charge in [0, 0.05) is 12.6 Å². The number of ether oxygens (including phenoxy) is 1. The molecule has 2 atom stereocenters. The Kier molecular flexibility index (Phi) is 3.64. The third kappa shape index (κ3) is 2.70. The lowest BCUT2D eigenvalue weighted by atomic mass is 9.79. The second kappa shape index (κ2) is 5.26. The zero-order valence-corrected chi connectivity index (χ0v) is 11.9. The van der Waals surface area contributed by atoms with Crippen molar-refractivity contribution in [3.8, 4) is 0 Å². The second-order valence-electron chi connectivity index (χ2n) is 6.43. The van der Waals surface area contributed by atoms with Gasteiger partial charge in [-0.3, -0.25) is 0 Å². The molecule has 0 aromatic heterocycles. The number of rotatable bonds is 2. The van der Waals surface area contributed by atoms with Crippen LogP contribution in [0.2, 0.25) is 0 Å². The normalized spacial score (nSPS) is 27.6. The van der Waals surface area contributed by atoms with Gasteiger partial charge in [-0.25, -0.2) is 0 Å². The average Bonchev–Trinajstić information content (AvgIpc) is 2.87. The molecular weight excluding hydrogens is 234 g/mol. The summed E-state index contributed by atoms with van der Waals surface area (Å²) in [7, 11) is 0. The first-order valence-corrected chi connectivity index (χ1v) is 7.65. The molecule has 1 aliphatic heterocycles. The predicted molar refractivity (Wildman–Crippen MR) is 78.0 cm³/mol. The summed E-state index contributed by atoms with van der Waals surface area (Å²) in [6.45, 7) is 3.02. The van der Waals surface area contributed by atoms with Crippen molar-refractivity contribution in [2.75, 3.05) is 6.61 Å². The van der Waals surface area contributed by atoms with E-state index < -0.39 is 0 Å². The molecule has 104 valence electrons. The van der Waals surface area contributed by atoms with E-state index in [0.717, 1.165) is 19.4 Å². The Hall–Kier alpha value is -0.860. The highest BCUT2D eigenvalue weighted by Crippen LogP contribution is 2.44. The molecule has 1 aromatic carbocycles. The summed E-state index contributed by atoms with van der Waals surface area (Å²) in [5, 5.41) is 0. The van der Waals surface area contributed by atoms with Crippen LogP contribution >= 0.6 is 0 Å². The molecule has 1 aliphatic carbocycles. The number of hydrogen-bond donors (Lipinski definition) is 1. The molecule has 2 N–H and O–H groups in total. The van der Waals surface area contributed by atoms with Gasteiger partial charge in [0.25, 0.3) is 0 Å². The molecule has 2 aliphatic rings. The van der Waals surface area contributed by atoms with Crippen LogP contribution in [-0.4, -0.2) is 12.2 Å². The molecule has 0 amide bonds. The van der Waals surface area contributed by atoms with Gasteiger partial charge in [0.1, 0.15) is 0 Å².